The summed E-state index contributed by atoms with van der Waals surface area (Å²) in [5, 5.41) is 13.7. The molecule has 0 aliphatic rings. The van der Waals surface area contributed by atoms with Crippen molar-refractivity contribution >= 4 is 29.3 Å². The molecule has 0 aliphatic carbocycles. The second kappa shape index (κ2) is 11.2. The Labute approximate surface area is 179 Å². The highest BCUT2D eigenvalue weighted by atomic mass is 32.2. The molecular formula is C21H25N3O5S. The molecule has 0 aliphatic heterocycles. The number of nitro groups is 1. The highest BCUT2D eigenvalue weighted by Gasteiger charge is 2.18. The van der Waals surface area contributed by atoms with Crippen LogP contribution >= 0.6 is 11.8 Å². The molecule has 160 valence electrons. The minimum Gasteiger partial charge on any atom is -0.483 e. The number of rotatable bonds is 10. The number of para-hydroxylation sites is 1. The lowest BCUT2D eigenvalue weighted by molar-refractivity contribution is -0.384. The molecule has 2 amide bonds. The van der Waals surface area contributed by atoms with Gasteiger partial charge in [0, 0.05) is 36.7 Å². The molecule has 0 saturated heterocycles. The maximum atomic E-state index is 12.5. The van der Waals surface area contributed by atoms with Gasteiger partial charge < -0.3 is 15.0 Å². The summed E-state index contributed by atoms with van der Waals surface area (Å²) in [6.07, 6.45) is 0.649. The molecule has 2 aromatic rings. The first-order chi connectivity index (χ1) is 14.3. The van der Waals surface area contributed by atoms with E-state index < -0.39 is 4.92 Å². The van der Waals surface area contributed by atoms with Gasteiger partial charge in [0.15, 0.2) is 6.61 Å². The fourth-order valence-corrected chi connectivity index (χ4v) is 3.33. The number of benzene rings is 2. The molecule has 9 heteroatoms. The lowest BCUT2D eigenvalue weighted by Gasteiger charge is -2.21. The molecule has 8 nitrogen and oxygen atoms in total. The summed E-state index contributed by atoms with van der Waals surface area (Å²) >= 11 is 1.30. The molecule has 0 aromatic heterocycles. The van der Waals surface area contributed by atoms with E-state index in [0.29, 0.717) is 12.2 Å². The summed E-state index contributed by atoms with van der Waals surface area (Å²) in [5.41, 5.74) is 0.819. The molecule has 1 unspecified atom stereocenters. The van der Waals surface area contributed by atoms with Gasteiger partial charge in [0.25, 0.3) is 11.6 Å². The molecule has 0 heterocycles. The zero-order valence-corrected chi connectivity index (χ0v) is 18.0. The quantitative estimate of drug-likeness (QED) is 0.351. The number of thioether (sulfide) groups is 1. The topological polar surface area (TPSA) is 102 Å². The fraction of sp³-hybridized carbons (Fsp3) is 0.333. The Morgan fingerprint density at radius 1 is 1.17 bits per heavy atom. The molecule has 1 N–H and O–H groups in total. The average Bonchev–Trinajstić information content (AvgIpc) is 2.74. The molecule has 0 saturated carbocycles. The van der Waals surface area contributed by atoms with Crippen LogP contribution in [0.15, 0.2) is 53.4 Å². The molecule has 30 heavy (non-hydrogen) atoms. The summed E-state index contributed by atoms with van der Waals surface area (Å²) in [4.78, 5) is 36.8. The van der Waals surface area contributed by atoms with Crippen LogP contribution in [0, 0.1) is 10.1 Å². The third-order valence-electron chi connectivity index (χ3n) is 4.31. The monoisotopic (exact) mass is 431 g/mol. The third-order valence-corrected chi connectivity index (χ3v) is 5.32. The number of hydrogen-bond donors (Lipinski definition) is 1. The van der Waals surface area contributed by atoms with Crippen molar-refractivity contribution in [2.24, 2.45) is 0 Å². The van der Waals surface area contributed by atoms with Gasteiger partial charge in [-0.05, 0) is 24.6 Å². The van der Waals surface area contributed by atoms with Gasteiger partial charge in [0.05, 0.1) is 16.7 Å². The Balaban J connectivity index is 1.98. The lowest BCUT2D eigenvalue weighted by atomic mass is 10.0. The van der Waals surface area contributed by atoms with Crippen LogP contribution in [-0.2, 0) is 9.59 Å². The number of amides is 2. The van der Waals surface area contributed by atoms with Crippen molar-refractivity contribution in [1.82, 2.24) is 10.2 Å². The van der Waals surface area contributed by atoms with Crippen molar-refractivity contribution in [2.45, 2.75) is 24.3 Å². The third kappa shape index (κ3) is 6.77. The number of carbonyl (C=O) groups is 2. The summed E-state index contributed by atoms with van der Waals surface area (Å²) in [6.45, 7) is 1.88. The van der Waals surface area contributed by atoms with Crippen LogP contribution in [0.2, 0.25) is 0 Å². The second-order valence-electron chi connectivity index (χ2n) is 6.68. The van der Waals surface area contributed by atoms with Crippen LogP contribution in [-0.4, -0.2) is 48.1 Å². The largest absolute Gasteiger partial charge is 0.483 e. The van der Waals surface area contributed by atoms with E-state index in [1.165, 1.54) is 28.8 Å². The van der Waals surface area contributed by atoms with Crippen molar-refractivity contribution in [1.29, 1.82) is 0 Å². The second-order valence-corrected chi connectivity index (χ2v) is 7.73. The van der Waals surface area contributed by atoms with Gasteiger partial charge >= 0.3 is 0 Å². The molecule has 0 radical (unpaired) electrons. The van der Waals surface area contributed by atoms with Crippen molar-refractivity contribution in [2.75, 3.05) is 26.5 Å². The number of likely N-dealkylation sites (N-methyl/N-ethyl adjacent to an activating group) is 1. The van der Waals surface area contributed by atoms with Crippen LogP contribution in [0.25, 0.3) is 0 Å². The number of non-ortho nitro benzene ring substituents is 1. The normalized spacial score (nSPS) is 11.4. The number of nitro benzene ring substituents is 1. The van der Waals surface area contributed by atoms with Crippen molar-refractivity contribution in [3.05, 3.63) is 64.2 Å². The maximum absolute atomic E-state index is 12.5. The van der Waals surface area contributed by atoms with Crippen molar-refractivity contribution in [3.63, 3.8) is 0 Å². The van der Waals surface area contributed by atoms with Crippen LogP contribution in [0.4, 0.5) is 5.69 Å². The van der Waals surface area contributed by atoms with E-state index in [2.05, 4.69) is 5.32 Å². The van der Waals surface area contributed by atoms with Crippen molar-refractivity contribution in [3.8, 4) is 5.75 Å². The van der Waals surface area contributed by atoms with Crippen LogP contribution < -0.4 is 10.1 Å². The van der Waals surface area contributed by atoms with E-state index >= 15 is 0 Å². The minimum atomic E-state index is -0.460. The first-order valence-electron chi connectivity index (χ1n) is 9.40. The highest BCUT2D eigenvalue weighted by molar-refractivity contribution is 8.00. The van der Waals surface area contributed by atoms with Gasteiger partial charge in [-0.2, -0.15) is 0 Å². The zero-order chi connectivity index (χ0) is 22.1. The molecule has 1 atom stereocenters. The van der Waals surface area contributed by atoms with E-state index in [9.17, 15) is 19.7 Å². The van der Waals surface area contributed by atoms with E-state index in [1.807, 2.05) is 25.1 Å². The van der Waals surface area contributed by atoms with E-state index in [0.717, 1.165) is 10.5 Å². The molecule has 0 bridgehead atoms. The molecule has 2 rings (SSSR count). The van der Waals surface area contributed by atoms with Crippen LogP contribution in [0.3, 0.4) is 0 Å². The van der Waals surface area contributed by atoms with Gasteiger partial charge in [-0.1, -0.05) is 25.1 Å². The Bertz CT molecular complexity index is 886. The van der Waals surface area contributed by atoms with Gasteiger partial charge in [0.2, 0.25) is 5.91 Å². The molecule has 2 aromatic carbocycles. The highest BCUT2D eigenvalue weighted by Crippen LogP contribution is 2.28. The fourth-order valence-electron chi connectivity index (χ4n) is 2.62. The molecule has 0 fully saturated rings. The first-order valence-corrected chi connectivity index (χ1v) is 10.4. The Morgan fingerprint density at radius 3 is 2.43 bits per heavy atom. The summed E-state index contributed by atoms with van der Waals surface area (Å²) < 4.78 is 5.68. The standard InChI is InChI=1S/C21H25N3O5S/c1-4-18(17-7-5-6-8-19(17)29-13-21(26)23(2)3)22-20(25)14-30-16-11-9-15(10-12-16)24(27)28/h5-12,18H,4,13-14H2,1-3H3,(H,22,25). The predicted molar refractivity (Wildman–Crippen MR) is 116 cm³/mol. The van der Waals surface area contributed by atoms with Crippen molar-refractivity contribution < 1.29 is 19.2 Å². The smallest absolute Gasteiger partial charge is 0.269 e. The first kappa shape index (κ1) is 23.2. The van der Waals surface area contributed by atoms with Gasteiger partial charge in [0.1, 0.15) is 5.75 Å². The van der Waals surface area contributed by atoms with Gasteiger partial charge in [-0.15, -0.1) is 11.8 Å². The predicted octanol–water partition coefficient (Wildman–Crippen LogP) is 3.42. The number of ether oxygens (including phenoxy) is 1. The SMILES string of the molecule is CCC(NC(=O)CSc1ccc([N+](=O)[O-])cc1)c1ccccc1OCC(=O)N(C)C. The number of carbonyl (C=O) groups excluding carboxylic acids is 2. The number of nitrogens with one attached hydrogen (secondary N) is 1. The van der Waals surface area contributed by atoms with Gasteiger partial charge in [-0.3, -0.25) is 19.7 Å². The average molecular weight is 432 g/mol. The Kier molecular flexibility index (Phi) is 8.67. The number of hydrogen-bond acceptors (Lipinski definition) is 6. The minimum absolute atomic E-state index is 0.0132. The lowest BCUT2D eigenvalue weighted by Crippen LogP contribution is -2.31. The molecule has 0 spiro atoms. The maximum Gasteiger partial charge on any atom is 0.269 e. The summed E-state index contributed by atoms with van der Waals surface area (Å²) in [7, 11) is 3.32. The van der Waals surface area contributed by atoms with Gasteiger partial charge in [-0.25, -0.2) is 0 Å². The van der Waals surface area contributed by atoms with E-state index in [1.54, 1.807) is 32.3 Å². The van der Waals surface area contributed by atoms with E-state index in [4.69, 9.17) is 4.74 Å². The Morgan fingerprint density at radius 2 is 1.83 bits per heavy atom. The summed E-state index contributed by atoms with van der Waals surface area (Å²) in [5.74, 6) is 0.421. The van der Waals surface area contributed by atoms with Crippen LogP contribution in [0.1, 0.15) is 24.9 Å². The Hall–Kier alpha value is -3.07. The van der Waals surface area contributed by atoms with E-state index in [-0.39, 0.29) is 35.9 Å². The van der Waals surface area contributed by atoms with Crippen LogP contribution in [0.5, 0.6) is 5.75 Å². The zero-order valence-electron chi connectivity index (χ0n) is 17.2. The summed E-state index contributed by atoms with van der Waals surface area (Å²) in [6, 6.07) is 13.1. The molecular weight excluding hydrogens is 406 g/mol. The number of nitrogens with zero attached hydrogens (tertiary/aromatic N) is 2.